The number of methoxy groups -OCH3 is 2. The Morgan fingerprint density at radius 3 is 2.44 bits per heavy atom. The summed E-state index contributed by atoms with van der Waals surface area (Å²) >= 11 is 0. The van der Waals surface area contributed by atoms with Gasteiger partial charge in [0.2, 0.25) is 0 Å². The number of ether oxygens (including phenoxy) is 2. The van der Waals surface area contributed by atoms with Gasteiger partial charge in [-0.05, 0) is 19.2 Å². The molecule has 0 radical (unpaired) electrons. The maximum atomic E-state index is 12.9. The Morgan fingerprint density at radius 2 is 2.00 bits per heavy atom. The average molecular weight is 259 g/mol. The second kappa shape index (κ2) is 6.30. The summed E-state index contributed by atoms with van der Waals surface area (Å²) in [6.07, 6.45) is -2.74. The Labute approximate surface area is 104 Å². The van der Waals surface area contributed by atoms with Crippen LogP contribution in [0.1, 0.15) is 22.3 Å². The summed E-state index contributed by atoms with van der Waals surface area (Å²) in [5, 5.41) is 2.67. The van der Waals surface area contributed by atoms with Crippen molar-refractivity contribution in [2.45, 2.75) is 6.43 Å². The largest absolute Gasteiger partial charge is 0.493 e. The number of carbonyl (C=O) groups excluding carboxylic acids is 1. The van der Waals surface area contributed by atoms with Gasteiger partial charge in [-0.3, -0.25) is 4.79 Å². The summed E-state index contributed by atoms with van der Waals surface area (Å²) in [6, 6.07) is 2.52. The number of Topliss-reactive ketones (excluding diaryl/α,β-unsaturated/α-hetero) is 1. The second-order valence-corrected chi connectivity index (χ2v) is 3.56. The van der Waals surface area contributed by atoms with E-state index in [0.717, 1.165) is 6.07 Å². The van der Waals surface area contributed by atoms with E-state index in [1.54, 1.807) is 7.05 Å². The van der Waals surface area contributed by atoms with Crippen molar-refractivity contribution in [3.05, 3.63) is 23.3 Å². The van der Waals surface area contributed by atoms with Crippen LogP contribution in [-0.2, 0) is 0 Å². The molecule has 0 unspecified atom stereocenters. The minimum absolute atomic E-state index is 0.0477. The third-order valence-corrected chi connectivity index (χ3v) is 2.40. The molecule has 1 N–H and O–H groups in total. The zero-order valence-corrected chi connectivity index (χ0v) is 10.4. The Kier molecular flexibility index (Phi) is 5.03. The molecule has 4 nitrogen and oxygen atoms in total. The van der Waals surface area contributed by atoms with Crippen molar-refractivity contribution in [1.29, 1.82) is 0 Å². The van der Waals surface area contributed by atoms with Gasteiger partial charge in [-0.1, -0.05) is 0 Å². The smallest absolute Gasteiger partial charge is 0.267 e. The number of hydrogen-bond donors (Lipinski definition) is 1. The van der Waals surface area contributed by atoms with Crippen molar-refractivity contribution in [1.82, 2.24) is 5.32 Å². The third-order valence-electron chi connectivity index (χ3n) is 2.40. The lowest BCUT2D eigenvalue weighted by molar-refractivity contribution is 0.0992. The number of alkyl halides is 2. The van der Waals surface area contributed by atoms with Crippen LogP contribution < -0.4 is 14.8 Å². The molecule has 0 fully saturated rings. The molecule has 0 aromatic heterocycles. The van der Waals surface area contributed by atoms with Gasteiger partial charge in [0.15, 0.2) is 17.3 Å². The van der Waals surface area contributed by atoms with Crippen molar-refractivity contribution in [2.75, 3.05) is 27.8 Å². The molecule has 0 bridgehead atoms. The lowest BCUT2D eigenvalue weighted by atomic mass is 10.1. The summed E-state index contributed by atoms with van der Waals surface area (Å²) in [5.74, 6) is -0.219. The van der Waals surface area contributed by atoms with Gasteiger partial charge in [0.05, 0.1) is 26.3 Å². The summed E-state index contributed by atoms with van der Waals surface area (Å²) < 4.78 is 35.7. The molecule has 0 atom stereocenters. The minimum Gasteiger partial charge on any atom is -0.493 e. The van der Waals surface area contributed by atoms with Gasteiger partial charge >= 0.3 is 0 Å². The molecule has 0 spiro atoms. The SMILES string of the molecule is CNCC(=O)c1cc(OC)c(OC)c(C(F)F)c1. The summed E-state index contributed by atoms with van der Waals surface area (Å²) in [6.45, 7) is 0.0676. The van der Waals surface area contributed by atoms with Crippen LogP contribution in [-0.4, -0.2) is 33.6 Å². The fourth-order valence-corrected chi connectivity index (χ4v) is 1.58. The molecule has 1 aromatic rings. The van der Waals surface area contributed by atoms with E-state index in [9.17, 15) is 13.6 Å². The molecule has 0 aliphatic carbocycles. The van der Waals surface area contributed by atoms with Gasteiger partial charge < -0.3 is 14.8 Å². The first kappa shape index (κ1) is 14.4. The van der Waals surface area contributed by atoms with E-state index < -0.39 is 6.43 Å². The van der Waals surface area contributed by atoms with E-state index in [0.29, 0.717) is 0 Å². The summed E-state index contributed by atoms with van der Waals surface area (Å²) in [5.41, 5.74) is -0.186. The van der Waals surface area contributed by atoms with E-state index >= 15 is 0 Å². The molecular weight excluding hydrogens is 244 g/mol. The predicted octanol–water partition coefficient (Wildman–Crippen LogP) is 2.04. The zero-order chi connectivity index (χ0) is 13.7. The molecule has 0 heterocycles. The van der Waals surface area contributed by atoms with Crippen LogP contribution in [0.25, 0.3) is 0 Å². The molecule has 100 valence electrons. The maximum Gasteiger partial charge on any atom is 0.267 e. The first-order valence-corrected chi connectivity index (χ1v) is 5.27. The van der Waals surface area contributed by atoms with E-state index in [2.05, 4.69) is 5.32 Å². The monoisotopic (exact) mass is 259 g/mol. The third kappa shape index (κ3) is 2.95. The molecule has 1 rings (SSSR count). The minimum atomic E-state index is -2.74. The molecule has 1 aromatic carbocycles. The number of likely N-dealkylation sites (N-methyl/N-ethyl adjacent to an activating group) is 1. The molecule has 0 aliphatic rings. The lowest BCUT2D eigenvalue weighted by Crippen LogP contribution is -2.19. The number of carbonyl (C=O) groups is 1. The number of hydrogen-bond acceptors (Lipinski definition) is 4. The fraction of sp³-hybridized carbons (Fsp3) is 0.417. The van der Waals surface area contributed by atoms with Crippen LogP contribution in [0.2, 0.25) is 0 Å². The maximum absolute atomic E-state index is 12.9. The van der Waals surface area contributed by atoms with Gasteiger partial charge in [-0.2, -0.15) is 0 Å². The number of nitrogens with one attached hydrogen (secondary N) is 1. The van der Waals surface area contributed by atoms with Crippen LogP contribution in [0.3, 0.4) is 0 Å². The quantitative estimate of drug-likeness (QED) is 0.794. The average Bonchev–Trinajstić information content (AvgIpc) is 2.37. The molecular formula is C12H15F2NO3. The standard InChI is InChI=1S/C12H15F2NO3/c1-15-6-9(16)7-4-8(12(13)14)11(18-3)10(5-7)17-2/h4-5,12,15H,6H2,1-3H3. The highest BCUT2D eigenvalue weighted by Gasteiger charge is 2.21. The van der Waals surface area contributed by atoms with Gasteiger partial charge in [0, 0.05) is 5.56 Å². The molecule has 0 amide bonds. The summed E-state index contributed by atoms with van der Waals surface area (Å²) in [7, 11) is 4.21. The van der Waals surface area contributed by atoms with E-state index in [1.807, 2.05) is 0 Å². The second-order valence-electron chi connectivity index (χ2n) is 3.56. The van der Waals surface area contributed by atoms with Gasteiger partial charge in [0.25, 0.3) is 6.43 Å². The van der Waals surface area contributed by atoms with Crippen LogP contribution in [0.5, 0.6) is 11.5 Å². The first-order chi connectivity index (χ1) is 8.54. The number of benzene rings is 1. The summed E-state index contributed by atoms with van der Waals surface area (Å²) in [4.78, 5) is 11.7. The van der Waals surface area contributed by atoms with Crippen molar-refractivity contribution < 1.29 is 23.0 Å². The molecule has 6 heteroatoms. The van der Waals surface area contributed by atoms with Crippen molar-refractivity contribution in [3.8, 4) is 11.5 Å². The highest BCUT2D eigenvalue weighted by molar-refractivity contribution is 5.98. The Bertz CT molecular complexity index is 436. The fourth-order valence-electron chi connectivity index (χ4n) is 1.58. The van der Waals surface area contributed by atoms with Gasteiger partial charge in [0.1, 0.15) is 0 Å². The van der Waals surface area contributed by atoms with E-state index in [-0.39, 0.29) is 35.0 Å². The van der Waals surface area contributed by atoms with E-state index in [4.69, 9.17) is 9.47 Å². The Balaban J connectivity index is 3.31. The van der Waals surface area contributed by atoms with E-state index in [1.165, 1.54) is 20.3 Å². The van der Waals surface area contributed by atoms with Crippen LogP contribution >= 0.6 is 0 Å². The number of rotatable bonds is 6. The molecule has 0 aliphatic heterocycles. The van der Waals surface area contributed by atoms with Gasteiger partial charge in [-0.25, -0.2) is 8.78 Å². The molecule has 0 saturated carbocycles. The highest BCUT2D eigenvalue weighted by atomic mass is 19.3. The molecule has 18 heavy (non-hydrogen) atoms. The normalized spacial score (nSPS) is 10.6. The van der Waals surface area contributed by atoms with Gasteiger partial charge in [-0.15, -0.1) is 0 Å². The van der Waals surface area contributed by atoms with Crippen LogP contribution in [0.15, 0.2) is 12.1 Å². The highest BCUT2D eigenvalue weighted by Crippen LogP contribution is 2.38. The van der Waals surface area contributed by atoms with Crippen molar-refractivity contribution >= 4 is 5.78 Å². The lowest BCUT2D eigenvalue weighted by Gasteiger charge is -2.14. The Morgan fingerprint density at radius 1 is 1.33 bits per heavy atom. The zero-order valence-electron chi connectivity index (χ0n) is 10.4. The number of halogens is 2. The van der Waals surface area contributed by atoms with Crippen LogP contribution in [0.4, 0.5) is 8.78 Å². The molecule has 0 saturated heterocycles. The Hall–Kier alpha value is -1.69. The predicted molar refractivity (Wildman–Crippen MR) is 62.8 cm³/mol. The van der Waals surface area contributed by atoms with Crippen molar-refractivity contribution in [3.63, 3.8) is 0 Å². The van der Waals surface area contributed by atoms with Crippen molar-refractivity contribution in [2.24, 2.45) is 0 Å². The number of ketones is 1. The first-order valence-electron chi connectivity index (χ1n) is 5.27. The topological polar surface area (TPSA) is 47.6 Å². The van der Waals surface area contributed by atoms with Crippen LogP contribution in [0, 0.1) is 0 Å².